The standard InChI is InChI=1S/C26H30N2O4/c1-5-6-7-10-13-28-25(30)21-12-9-8-11-20(21)24(27-28)26(31)32-16-23(29)22-15-18(3)17(2)14-19(22)4/h8-9,11-12,14-15H,5-7,10,13,16H2,1-4H3. The fourth-order valence-electron chi connectivity index (χ4n) is 3.76. The summed E-state index contributed by atoms with van der Waals surface area (Å²) in [7, 11) is 0. The van der Waals surface area contributed by atoms with Gasteiger partial charge in [-0.2, -0.15) is 5.10 Å². The second-order valence-corrected chi connectivity index (χ2v) is 8.23. The van der Waals surface area contributed by atoms with Crippen LogP contribution in [0.25, 0.3) is 10.8 Å². The van der Waals surface area contributed by atoms with Gasteiger partial charge in [0, 0.05) is 17.5 Å². The van der Waals surface area contributed by atoms with E-state index in [0.29, 0.717) is 22.9 Å². The Hall–Kier alpha value is -3.28. The number of nitrogens with zero attached hydrogens (tertiary/aromatic N) is 2. The smallest absolute Gasteiger partial charge is 0.359 e. The van der Waals surface area contributed by atoms with Gasteiger partial charge in [-0.25, -0.2) is 9.48 Å². The van der Waals surface area contributed by atoms with Crippen LogP contribution in [-0.2, 0) is 11.3 Å². The van der Waals surface area contributed by atoms with Gasteiger partial charge in [-0.1, -0.05) is 50.5 Å². The number of hydrogen-bond donors (Lipinski definition) is 0. The third-order valence-electron chi connectivity index (χ3n) is 5.76. The van der Waals surface area contributed by atoms with Crippen LogP contribution in [0.3, 0.4) is 0 Å². The molecule has 168 valence electrons. The molecule has 0 radical (unpaired) electrons. The van der Waals surface area contributed by atoms with E-state index in [0.717, 1.165) is 42.4 Å². The molecule has 1 heterocycles. The highest BCUT2D eigenvalue weighted by atomic mass is 16.5. The molecule has 32 heavy (non-hydrogen) atoms. The first kappa shape index (κ1) is 23.4. The van der Waals surface area contributed by atoms with Crippen molar-refractivity contribution in [2.75, 3.05) is 6.61 Å². The monoisotopic (exact) mass is 434 g/mol. The van der Waals surface area contributed by atoms with Crippen molar-refractivity contribution < 1.29 is 14.3 Å². The molecule has 2 aromatic carbocycles. The van der Waals surface area contributed by atoms with E-state index in [4.69, 9.17) is 4.74 Å². The highest BCUT2D eigenvalue weighted by Crippen LogP contribution is 2.18. The lowest BCUT2D eigenvalue weighted by Gasteiger charge is -2.12. The molecule has 0 N–H and O–H groups in total. The van der Waals surface area contributed by atoms with Crippen LogP contribution in [0.15, 0.2) is 41.2 Å². The molecule has 0 aliphatic rings. The zero-order chi connectivity index (χ0) is 23.3. The minimum Gasteiger partial charge on any atom is -0.452 e. The van der Waals surface area contributed by atoms with Gasteiger partial charge in [-0.15, -0.1) is 0 Å². The maximum Gasteiger partial charge on any atom is 0.359 e. The fourth-order valence-corrected chi connectivity index (χ4v) is 3.76. The lowest BCUT2D eigenvalue weighted by molar-refractivity contribution is 0.0468. The molecule has 6 heteroatoms. The molecule has 0 bridgehead atoms. The lowest BCUT2D eigenvalue weighted by atomic mass is 9.98. The number of esters is 1. The molecule has 0 atom stereocenters. The number of aromatic nitrogens is 2. The first-order chi connectivity index (χ1) is 15.3. The van der Waals surface area contributed by atoms with Crippen molar-refractivity contribution in [1.29, 1.82) is 0 Å². The first-order valence-corrected chi connectivity index (χ1v) is 11.1. The quantitative estimate of drug-likeness (QED) is 0.271. The minimum atomic E-state index is -0.710. The van der Waals surface area contributed by atoms with E-state index in [1.165, 1.54) is 4.68 Å². The normalized spacial score (nSPS) is 11.0. The molecule has 3 aromatic rings. The molecule has 0 saturated heterocycles. The molecule has 0 amide bonds. The summed E-state index contributed by atoms with van der Waals surface area (Å²) in [5.74, 6) is -0.977. The van der Waals surface area contributed by atoms with Crippen molar-refractivity contribution in [3.05, 3.63) is 74.7 Å². The summed E-state index contributed by atoms with van der Waals surface area (Å²) in [5.41, 5.74) is 3.33. The van der Waals surface area contributed by atoms with E-state index in [1.807, 2.05) is 32.9 Å². The van der Waals surface area contributed by atoms with Crippen molar-refractivity contribution in [3.63, 3.8) is 0 Å². The molecule has 0 saturated carbocycles. The number of ketones is 1. The molecule has 0 unspecified atom stereocenters. The van der Waals surface area contributed by atoms with Crippen LogP contribution in [-0.4, -0.2) is 28.1 Å². The lowest BCUT2D eigenvalue weighted by Crippen LogP contribution is -2.27. The predicted molar refractivity (Wildman–Crippen MR) is 125 cm³/mol. The van der Waals surface area contributed by atoms with Crippen molar-refractivity contribution in [2.45, 2.75) is 59.9 Å². The zero-order valence-corrected chi connectivity index (χ0v) is 19.2. The molecule has 0 aliphatic heterocycles. The Morgan fingerprint density at radius 3 is 2.34 bits per heavy atom. The van der Waals surface area contributed by atoms with E-state index in [1.54, 1.807) is 24.3 Å². The van der Waals surface area contributed by atoms with Crippen LogP contribution in [0.5, 0.6) is 0 Å². The number of fused-ring (bicyclic) bond motifs is 1. The summed E-state index contributed by atoms with van der Waals surface area (Å²) < 4.78 is 6.69. The molecule has 0 spiro atoms. The van der Waals surface area contributed by atoms with E-state index in [9.17, 15) is 14.4 Å². The van der Waals surface area contributed by atoms with Gasteiger partial charge in [-0.05, 0) is 56.0 Å². The summed E-state index contributed by atoms with van der Waals surface area (Å²) >= 11 is 0. The van der Waals surface area contributed by atoms with Gasteiger partial charge in [0.1, 0.15) is 0 Å². The summed E-state index contributed by atoms with van der Waals surface area (Å²) in [6, 6.07) is 10.6. The third-order valence-corrected chi connectivity index (χ3v) is 5.76. The van der Waals surface area contributed by atoms with Crippen molar-refractivity contribution in [1.82, 2.24) is 9.78 Å². The Labute approximate surface area is 188 Å². The SMILES string of the molecule is CCCCCCn1nc(C(=O)OCC(=O)c2cc(C)c(C)cc2C)c2ccccc2c1=O. The van der Waals surface area contributed by atoms with Crippen LogP contribution in [0.2, 0.25) is 0 Å². The highest BCUT2D eigenvalue weighted by Gasteiger charge is 2.20. The van der Waals surface area contributed by atoms with Crippen molar-refractivity contribution in [2.24, 2.45) is 0 Å². The maximum absolute atomic E-state index is 12.9. The molecular formula is C26H30N2O4. The summed E-state index contributed by atoms with van der Waals surface area (Å²) in [6.45, 7) is 7.97. The van der Waals surface area contributed by atoms with Gasteiger partial charge in [0.05, 0.1) is 5.39 Å². The molecule has 0 fully saturated rings. The Balaban J connectivity index is 1.84. The largest absolute Gasteiger partial charge is 0.452 e. The second kappa shape index (κ2) is 10.4. The van der Waals surface area contributed by atoms with E-state index in [2.05, 4.69) is 12.0 Å². The van der Waals surface area contributed by atoms with E-state index in [-0.39, 0.29) is 23.6 Å². The topological polar surface area (TPSA) is 78.3 Å². The van der Waals surface area contributed by atoms with Crippen LogP contribution in [0, 0.1) is 20.8 Å². The summed E-state index contributed by atoms with van der Waals surface area (Å²) in [6.07, 6.45) is 3.96. The number of ether oxygens (including phenoxy) is 1. The number of carbonyl (C=O) groups excluding carboxylic acids is 2. The van der Waals surface area contributed by atoms with Gasteiger partial charge in [0.15, 0.2) is 12.3 Å². The van der Waals surface area contributed by atoms with Crippen molar-refractivity contribution >= 4 is 22.5 Å². The Bertz CT molecular complexity index is 1210. The van der Waals surface area contributed by atoms with Gasteiger partial charge >= 0.3 is 5.97 Å². The Kier molecular flexibility index (Phi) is 7.57. The number of hydrogen-bond acceptors (Lipinski definition) is 5. The maximum atomic E-state index is 12.9. The molecule has 1 aromatic heterocycles. The number of Topliss-reactive ketones (excluding diaryl/α,β-unsaturated/α-hetero) is 1. The zero-order valence-electron chi connectivity index (χ0n) is 19.2. The first-order valence-electron chi connectivity index (χ1n) is 11.1. The van der Waals surface area contributed by atoms with Gasteiger partial charge in [-0.3, -0.25) is 9.59 Å². The third kappa shape index (κ3) is 5.13. The summed E-state index contributed by atoms with van der Waals surface area (Å²) in [5, 5.41) is 5.16. The highest BCUT2D eigenvalue weighted by molar-refractivity contribution is 6.04. The van der Waals surface area contributed by atoms with Crippen LogP contribution in [0.4, 0.5) is 0 Å². The van der Waals surface area contributed by atoms with E-state index >= 15 is 0 Å². The number of unbranched alkanes of at least 4 members (excludes halogenated alkanes) is 3. The van der Waals surface area contributed by atoms with Crippen LogP contribution in [0.1, 0.15) is 70.1 Å². The fraction of sp³-hybridized carbons (Fsp3) is 0.385. The Morgan fingerprint density at radius 2 is 1.62 bits per heavy atom. The van der Waals surface area contributed by atoms with Gasteiger partial charge in [0.25, 0.3) is 5.56 Å². The Morgan fingerprint density at radius 1 is 0.938 bits per heavy atom. The average Bonchev–Trinajstić information content (AvgIpc) is 2.78. The van der Waals surface area contributed by atoms with Gasteiger partial charge in [0.2, 0.25) is 5.78 Å². The van der Waals surface area contributed by atoms with Gasteiger partial charge < -0.3 is 4.74 Å². The number of rotatable bonds is 9. The van der Waals surface area contributed by atoms with Crippen LogP contribution >= 0.6 is 0 Å². The van der Waals surface area contributed by atoms with Crippen molar-refractivity contribution in [3.8, 4) is 0 Å². The molecular weight excluding hydrogens is 404 g/mol. The average molecular weight is 435 g/mol. The molecule has 0 aliphatic carbocycles. The predicted octanol–water partition coefficient (Wildman–Crippen LogP) is 4.94. The second-order valence-electron chi connectivity index (χ2n) is 8.23. The molecule has 3 rings (SSSR count). The number of carbonyl (C=O) groups is 2. The summed E-state index contributed by atoms with van der Waals surface area (Å²) in [4.78, 5) is 38.4. The van der Waals surface area contributed by atoms with Crippen LogP contribution < -0.4 is 5.56 Å². The molecule has 6 nitrogen and oxygen atoms in total. The van der Waals surface area contributed by atoms with E-state index < -0.39 is 5.97 Å². The number of aryl methyl sites for hydroxylation is 4. The minimum absolute atomic E-state index is 0.0558. The number of benzene rings is 2.